The van der Waals surface area contributed by atoms with Gasteiger partial charge in [0.2, 0.25) is 5.91 Å². The number of hydrogen-bond acceptors (Lipinski definition) is 2. The van der Waals surface area contributed by atoms with E-state index in [2.05, 4.69) is 10.3 Å². The average Bonchev–Trinajstić information content (AvgIpc) is 2.53. The first-order valence-electron chi connectivity index (χ1n) is 9.53. The number of aliphatic imine (C=N–C) groups is 1. The minimum Gasteiger partial charge on any atom is -0.325 e. The van der Waals surface area contributed by atoms with Gasteiger partial charge in [0.15, 0.2) is 0 Å². The maximum Gasteiger partial charge on any atom is 0.252 e. The van der Waals surface area contributed by atoms with Gasteiger partial charge in [-0.1, -0.05) is 11.6 Å². The van der Waals surface area contributed by atoms with Crippen LogP contribution in [0.2, 0.25) is 0 Å². The summed E-state index contributed by atoms with van der Waals surface area (Å²) >= 11 is 0. The van der Waals surface area contributed by atoms with Crippen molar-refractivity contribution in [3.8, 4) is 0 Å². The van der Waals surface area contributed by atoms with Gasteiger partial charge in [-0.2, -0.15) is 0 Å². The predicted octanol–water partition coefficient (Wildman–Crippen LogP) is 3.32. The standard InChI is InChI=1S/C21H24N2O2/c1-12-4-19(24)23-18-8-16(2-3-17(12)18)22-20(25)21-9-13-5-14(10-21)7-15(6-13)11-21/h2-4,8,13-15,17H,5-7,9-11H2,1H3,(H,23,24). The Morgan fingerprint density at radius 3 is 2.40 bits per heavy atom. The van der Waals surface area contributed by atoms with E-state index in [0.717, 1.165) is 48.3 Å². The minimum atomic E-state index is -0.198. The molecule has 6 rings (SSSR count). The van der Waals surface area contributed by atoms with Gasteiger partial charge in [0.05, 0.1) is 11.1 Å². The van der Waals surface area contributed by atoms with Gasteiger partial charge in [-0.3, -0.25) is 9.59 Å². The van der Waals surface area contributed by atoms with E-state index in [1.165, 1.54) is 19.3 Å². The number of nitrogens with one attached hydrogen (secondary N) is 1. The first-order valence-corrected chi connectivity index (χ1v) is 9.53. The fourth-order valence-corrected chi connectivity index (χ4v) is 6.26. The van der Waals surface area contributed by atoms with E-state index in [-0.39, 0.29) is 23.1 Å². The molecule has 4 saturated carbocycles. The summed E-state index contributed by atoms with van der Waals surface area (Å²) in [5.41, 5.74) is 2.35. The lowest BCUT2D eigenvalue weighted by molar-refractivity contribution is -0.142. The Labute approximate surface area is 148 Å². The lowest BCUT2D eigenvalue weighted by atomic mass is 9.49. The van der Waals surface area contributed by atoms with Gasteiger partial charge >= 0.3 is 0 Å². The van der Waals surface area contributed by atoms with Gasteiger partial charge in [0, 0.05) is 17.7 Å². The third-order valence-corrected chi connectivity index (χ3v) is 6.94. The molecule has 1 N–H and O–H groups in total. The summed E-state index contributed by atoms with van der Waals surface area (Å²) in [7, 11) is 0. The SMILES string of the molecule is CC1=CC(=O)NC2=CC(=NC(=O)C34CC5CC(CC(C5)C3)C4)C=CC12. The zero-order valence-corrected chi connectivity index (χ0v) is 14.6. The molecule has 6 aliphatic rings. The van der Waals surface area contributed by atoms with Crippen LogP contribution >= 0.6 is 0 Å². The normalized spacial score (nSPS) is 42.8. The lowest BCUT2D eigenvalue weighted by Gasteiger charge is -2.55. The van der Waals surface area contributed by atoms with Crippen molar-refractivity contribution in [2.75, 3.05) is 0 Å². The van der Waals surface area contributed by atoms with E-state index in [0.29, 0.717) is 5.71 Å². The summed E-state index contributed by atoms with van der Waals surface area (Å²) in [6, 6.07) is 0. The van der Waals surface area contributed by atoms with Gasteiger partial charge in [0.1, 0.15) is 0 Å². The summed E-state index contributed by atoms with van der Waals surface area (Å²) in [5, 5.41) is 2.89. The summed E-state index contributed by atoms with van der Waals surface area (Å²) in [4.78, 5) is 29.3. The zero-order valence-electron chi connectivity index (χ0n) is 14.6. The fraction of sp³-hybridized carbons (Fsp3) is 0.571. The average molecular weight is 336 g/mol. The summed E-state index contributed by atoms with van der Waals surface area (Å²) in [5.74, 6) is 2.31. The second-order valence-electron chi connectivity index (χ2n) is 8.85. The second-order valence-corrected chi connectivity index (χ2v) is 8.85. The number of amides is 2. The van der Waals surface area contributed by atoms with E-state index in [1.807, 2.05) is 25.2 Å². The molecule has 130 valence electrons. The third-order valence-electron chi connectivity index (χ3n) is 6.94. The van der Waals surface area contributed by atoms with E-state index < -0.39 is 0 Å². The van der Waals surface area contributed by atoms with Crippen LogP contribution in [0.4, 0.5) is 0 Å². The molecule has 4 nitrogen and oxygen atoms in total. The Balaban J connectivity index is 1.42. The number of carbonyl (C=O) groups excluding carboxylic acids is 2. The summed E-state index contributed by atoms with van der Waals surface area (Å²) in [6.45, 7) is 1.96. The molecule has 2 amide bonds. The molecule has 25 heavy (non-hydrogen) atoms. The van der Waals surface area contributed by atoms with Gasteiger partial charge in [-0.25, -0.2) is 4.99 Å². The van der Waals surface area contributed by atoms with Gasteiger partial charge in [0.25, 0.3) is 5.91 Å². The van der Waals surface area contributed by atoms with Crippen molar-refractivity contribution in [1.82, 2.24) is 5.32 Å². The lowest BCUT2D eigenvalue weighted by Crippen LogP contribution is -2.49. The molecule has 0 aromatic rings. The number of allylic oxidation sites excluding steroid dienone is 3. The Bertz CT molecular complexity index is 748. The molecule has 1 atom stereocenters. The van der Waals surface area contributed by atoms with Crippen LogP contribution < -0.4 is 5.32 Å². The van der Waals surface area contributed by atoms with E-state index in [4.69, 9.17) is 0 Å². The van der Waals surface area contributed by atoms with Crippen molar-refractivity contribution < 1.29 is 9.59 Å². The van der Waals surface area contributed by atoms with Gasteiger partial charge < -0.3 is 5.32 Å². The Morgan fingerprint density at radius 1 is 1.12 bits per heavy atom. The van der Waals surface area contributed by atoms with Crippen molar-refractivity contribution in [2.24, 2.45) is 34.1 Å². The number of carbonyl (C=O) groups is 2. The molecule has 0 saturated heterocycles. The van der Waals surface area contributed by atoms with Crippen molar-refractivity contribution in [2.45, 2.75) is 45.4 Å². The van der Waals surface area contributed by atoms with Crippen molar-refractivity contribution >= 4 is 17.5 Å². The molecule has 4 fully saturated rings. The van der Waals surface area contributed by atoms with Crippen LogP contribution in [0.25, 0.3) is 0 Å². The van der Waals surface area contributed by atoms with E-state index in [1.54, 1.807) is 6.08 Å². The highest BCUT2D eigenvalue weighted by atomic mass is 16.2. The highest BCUT2D eigenvalue weighted by molar-refractivity contribution is 6.12. The molecule has 1 aliphatic heterocycles. The molecule has 0 spiro atoms. The van der Waals surface area contributed by atoms with Gasteiger partial charge in [-0.05, 0) is 75.4 Å². The monoisotopic (exact) mass is 336 g/mol. The molecule has 4 bridgehead atoms. The summed E-state index contributed by atoms with van der Waals surface area (Å²) < 4.78 is 0. The van der Waals surface area contributed by atoms with Crippen LogP contribution in [-0.2, 0) is 9.59 Å². The first-order chi connectivity index (χ1) is 12.0. The number of rotatable bonds is 1. The van der Waals surface area contributed by atoms with Crippen molar-refractivity contribution in [1.29, 1.82) is 0 Å². The zero-order chi connectivity index (χ0) is 17.2. The smallest absolute Gasteiger partial charge is 0.252 e. The molecule has 1 unspecified atom stereocenters. The van der Waals surface area contributed by atoms with E-state index in [9.17, 15) is 9.59 Å². The van der Waals surface area contributed by atoms with Crippen LogP contribution in [0, 0.1) is 29.1 Å². The number of hydrogen-bond donors (Lipinski definition) is 1. The fourth-order valence-electron chi connectivity index (χ4n) is 6.26. The maximum atomic E-state index is 13.1. The van der Waals surface area contributed by atoms with Crippen molar-refractivity contribution in [3.63, 3.8) is 0 Å². The highest BCUT2D eigenvalue weighted by Crippen LogP contribution is 2.60. The van der Waals surface area contributed by atoms with Crippen LogP contribution in [0.3, 0.4) is 0 Å². The molecule has 0 aromatic heterocycles. The van der Waals surface area contributed by atoms with Crippen LogP contribution in [0.15, 0.2) is 40.6 Å². The molecule has 0 aromatic carbocycles. The Morgan fingerprint density at radius 2 is 1.76 bits per heavy atom. The quantitative estimate of drug-likeness (QED) is 0.798. The van der Waals surface area contributed by atoms with Crippen LogP contribution in [-0.4, -0.2) is 17.5 Å². The highest BCUT2D eigenvalue weighted by Gasteiger charge is 2.54. The molecule has 0 radical (unpaired) electrons. The Kier molecular flexibility index (Phi) is 3.22. The number of fused-ring (bicyclic) bond motifs is 1. The minimum absolute atomic E-state index is 0.0796. The first kappa shape index (κ1) is 15.3. The largest absolute Gasteiger partial charge is 0.325 e. The molecule has 1 heterocycles. The topological polar surface area (TPSA) is 58.5 Å². The predicted molar refractivity (Wildman–Crippen MR) is 95.7 cm³/mol. The van der Waals surface area contributed by atoms with E-state index >= 15 is 0 Å². The Hall–Kier alpha value is -1.97. The van der Waals surface area contributed by atoms with Crippen molar-refractivity contribution in [3.05, 3.63) is 35.6 Å². The van der Waals surface area contributed by atoms with Crippen LogP contribution in [0.1, 0.15) is 45.4 Å². The molecular weight excluding hydrogens is 312 g/mol. The summed E-state index contributed by atoms with van der Waals surface area (Å²) in [6.07, 6.45) is 14.6. The second kappa shape index (κ2) is 5.26. The molecule has 4 heteroatoms. The molecular formula is C21H24N2O2. The maximum absolute atomic E-state index is 13.1. The third kappa shape index (κ3) is 2.45. The number of nitrogens with zero attached hydrogens (tertiary/aromatic N) is 1. The van der Waals surface area contributed by atoms with Gasteiger partial charge in [-0.15, -0.1) is 0 Å². The molecule has 5 aliphatic carbocycles. The van der Waals surface area contributed by atoms with Crippen LogP contribution in [0.5, 0.6) is 0 Å².